The van der Waals surface area contributed by atoms with Gasteiger partial charge in [-0.15, -0.1) is 0 Å². The number of rotatable bonds is 6. The number of halogens is 1. The molecule has 0 aliphatic heterocycles. The number of benzene rings is 2. The topological polar surface area (TPSA) is 115 Å². The van der Waals surface area contributed by atoms with E-state index in [0.717, 1.165) is 47.5 Å². The molecule has 1 amide bonds. The third-order valence-corrected chi connectivity index (χ3v) is 5.41. The van der Waals surface area contributed by atoms with Crippen LogP contribution in [0.2, 0.25) is 0 Å². The lowest BCUT2D eigenvalue weighted by molar-refractivity contribution is -0.394. The maximum absolute atomic E-state index is 12.5. The van der Waals surface area contributed by atoms with Crippen molar-refractivity contribution in [1.29, 1.82) is 0 Å². The molecular formula is C18H16BrN3O5. The van der Waals surface area contributed by atoms with E-state index in [1.54, 1.807) is 0 Å². The quantitative estimate of drug-likeness (QED) is 0.543. The molecule has 0 unspecified atom stereocenters. The van der Waals surface area contributed by atoms with Gasteiger partial charge in [0.2, 0.25) is 0 Å². The summed E-state index contributed by atoms with van der Waals surface area (Å²) in [5.41, 5.74) is -0.154. The van der Waals surface area contributed by atoms with Gasteiger partial charge in [-0.1, -0.05) is 34.5 Å². The van der Waals surface area contributed by atoms with Crippen LogP contribution in [0.5, 0.6) is 0 Å². The van der Waals surface area contributed by atoms with Crippen molar-refractivity contribution in [2.75, 3.05) is 6.54 Å². The van der Waals surface area contributed by atoms with Crippen molar-refractivity contribution < 1.29 is 14.6 Å². The van der Waals surface area contributed by atoms with Gasteiger partial charge in [0, 0.05) is 28.6 Å². The van der Waals surface area contributed by atoms with E-state index in [4.69, 9.17) is 0 Å². The minimum atomic E-state index is -0.751. The largest absolute Gasteiger partial charge is 0.351 e. The lowest BCUT2D eigenvalue weighted by Gasteiger charge is -2.42. The first-order chi connectivity index (χ1) is 12.8. The second kappa shape index (κ2) is 7.43. The number of amides is 1. The number of nitrogens with one attached hydrogen (secondary N) is 1. The summed E-state index contributed by atoms with van der Waals surface area (Å²) < 4.78 is 0.951. The van der Waals surface area contributed by atoms with E-state index in [1.165, 1.54) is 0 Å². The van der Waals surface area contributed by atoms with Gasteiger partial charge in [-0.3, -0.25) is 25.0 Å². The van der Waals surface area contributed by atoms with Crippen LogP contribution in [0.25, 0.3) is 0 Å². The number of carbonyl (C=O) groups excluding carboxylic acids is 1. The minimum absolute atomic E-state index is 0.0976. The molecular weight excluding hydrogens is 418 g/mol. The van der Waals surface area contributed by atoms with E-state index < -0.39 is 27.1 Å². The summed E-state index contributed by atoms with van der Waals surface area (Å²) in [4.78, 5) is 33.0. The molecule has 0 radical (unpaired) electrons. The van der Waals surface area contributed by atoms with Gasteiger partial charge in [-0.2, -0.15) is 0 Å². The van der Waals surface area contributed by atoms with E-state index in [1.807, 2.05) is 24.3 Å². The fourth-order valence-electron chi connectivity index (χ4n) is 3.28. The summed E-state index contributed by atoms with van der Waals surface area (Å²) in [7, 11) is 0. The molecule has 2 aromatic carbocycles. The van der Waals surface area contributed by atoms with Gasteiger partial charge >= 0.3 is 0 Å². The van der Waals surface area contributed by atoms with Gasteiger partial charge < -0.3 is 5.32 Å². The lowest BCUT2D eigenvalue weighted by atomic mass is 9.64. The summed E-state index contributed by atoms with van der Waals surface area (Å²) in [5.74, 6) is -0.567. The molecule has 8 nitrogen and oxygen atoms in total. The molecule has 1 saturated carbocycles. The molecule has 3 rings (SSSR count). The Morgan fingerprint density at radius 2 is 1.70 bits per heavy atom. The Morgan fingerprint density at radius 3 is 2.19 bits per heavy atom. The molecule has 0 aromatic heterocycles. The normalized spacial score (nSPS) is 14.9. The Morgan fingerprint density at radius 1 is 1.07 bits per heavy atom. The van der Waals surface area contributed by atoms with Crippen LogP contribution >= 0.6 is 15.9 Å². The van der Waals surface area contributed by atoms with E-state index in [0.29, 0.717) is 6.54 Å². The van der Waals surface area contributed by atoms with E-state index in [9.17, 15) is 25.0 Å². The molecule has 2 aromatic rings. The lowest BCUT2D eigenvalue weighted by Crippen LogP contribution is -2.45. The number of nitro benzene ring substituents is 2. The molecule has 1 aliphatic carbocycles. The molecule has 140 valence electrons. The number of hydrogen-bond acceptors (Lipinski definition) is 5. The monoisotopic (exact) mass is 433 g/mol. The Balaban J connectivity index is 1.81. The van der Waals surface area contributed by atoms with Crippen molar-refractivity contribution in [2.24, 2.45) is 0 Å². The summed E-state index contributed by atoms with van der Waals surface area (Å²) in [6.07, 6.45) is 2.88. The minimum Gasteiger partial charge on any atom is -0.351 e. The Bertz CT molecular complexity index is 895. The third-order valence-electron chi connectivity index (χ3n) is 4.92. The standard InChI is InChI=1S/C18H16BrN3O5/c19-14-4-1-3-13(9-14)18(5-2-6-18)11-20-17(23)12-7-15(21(24)25)10-16(8-12)22(26)27/h1,3-4,7-10H,2,5-6,11H2,(H,20,23). The van der Waals surface area contributed by atoms with E-state index in [-0.39, 0.29) is 11.0 Å². The smallest absolute Gasteiger partial charge is 0.277 e. The first kappa shape index (κ1) is 19.0. The zero-order chi connectivity index (χ0) is 19.6. The van der Waals surface area contributed by atoms with E-state index >= 15 is 0 Å². The number of hydrogen-bond donors (Lipinski definition) is 1. The summed E-state index contributed by atoms with van der Waals surface area (Å²) in [5, 5.41) is 24.8. The summed E-state index contributed by atoms with van der Waals surface area (Å²) >= 11 is 3.45. The van der Waals surface area contributed by atoms with Crippen LogP contribution < -0.4 is 5.32 Å². The highest BCUT2D eigenvalue weighted by Crippen LogP contribution is 2.43. The van der Waals surface area contributed by atoms with Gasteiger partial charge in [0.05, 0.1) is 21.5 Å². The zero-order valence-corrected chi connectivity index (χ0v) is 15.8. The van der Waals surface area contributed by atoms with Crippen LogP contribution in [0.4, 0.5) is 11.4 Å². The van der Waals surface area contributed by atoms with Crippen molar-refractivity contribution in [2.45, 2.75) is 24.7 Å². The second-order valence-corrected chi connectivity index (χ2v) is 7.49. The number of carbonyl (C=O) groups is 1. The molecule has 0 spiro atoms. The van der Waals surface area contributed by atoms with Gasteiger partial charge in [0.1, 0.15) is 0 Å². The van der Waals surface area contributed by atoms with E-state index in [2.05, 4.69) is 21.2 Å². The predicted octanol–water partition coefficient (Wildman–Crippen LogP) is 4.12. The first-order valence-electron chi connectivity index (χ1n) is 8.29. The van der Waals surface area contributed by atoms with Gasteiger partial charge in [0.25, 0.3) is 17.3 Å². The van der Waals surface area contributed by atoms with Crippen molar-refractivity contribution in [1.82, 2.24) is 5.32 Å². The highest BCUT2D eigenvalue weighted by Gasteiger charge is 2.39. The van der Waals surface area contributed by atoms with Crippen LogP contribution in [0.3, 0.4) is 0 Å². The van der Waals surface area contributed by atoms with Gasteiger partial charge in [-0.25, -0.2) is 0 Å². The van der Waals surface area contributed by atoms with Crippen LogP contribution in [0.1, 0.15) is 35.2 Å². The third kappa shape index (κ3) is 3.97. The molecule has 0 heterocycles. The molecule has 1 N–H and O–H groups in total. The molecule has 0 bridgehead atoms. The fraction of sp³-hybridized carbons (Fsp3) is 0.278. The maximum atomic E-state index is 12.5. The summed E-state index contributed by atoms with van der Waals surface area (Å²) in [6.45, 7) is 0.360. The summed E-state index contributed by atoms with van der Waals surface area (Å²) in [6, 6.07) is 10.8. The fourth-order valence-corrected chi connectivity index (χ4v) is 3.68. The highest BCUT2D eigenvalue weighted by atomic mass is 79.9. The molecule has 0 atom stereocenters. The van der Waals surface area contributed by atoms with Crippen molar-refractivity contribution >= 4 is 33.2 Å². The van der Waals surface area contributed by atoms with Crippen LogP contribution in [0, 0.1) is 20.2 Å². The molecule has 1 fully saturated rings. The van der Waals surface area contributed by atoms with Crippen LogP contribution in [0.15, 0.2) is 46.9 Å². The Hall–Kier alpha value is -2.81. The average molecular weight is 434 g/mol. The van der Waals surface area contributed by atoms with Crippen molar-refractivity contribution in [3.8, 4) is 0 Å². The Labute approximate surface area is 163 Å². The van der Waals surface area contributed by atoms with Gasteiger partial charge in [-0.05, 0) is 30.5 Å². The first-order valence-corrected chi connectivity index (χ1v) is 9.08. The van der Waals surface area contributed by atoms with Crippen LogP contribution in [-0.2, 0) is 5.41 Å². The average Bonchev–Trinajstić information content (AvgIpc) is 2.60. The molecule has 0 saturated heterocycles. The van der Waals surface area contributed by atoms with Gasteiger partial charge in [0.15, 0.2) is 0 Å². The number of nitro groups is 2. The molecule has 1 aliphatic rings. The molecule has 27 heavy (non-hydrogen) atoms. The zero-order valence-electron chi connectivity index (χ0n) is 14.2. The second-order valence-electron chi connectivity index (χ2n) is 6.58. The predicted molar refractivity (Wildman–Crippen MR) is 102 cm³/mol. The highest BCUT2D eigenvalue weighted by molar-refractivity contribution is 9.10. The Kier molecular flexibility index (Phi) is 5.22. The maximum Gasteiger partial charge on any atom is 0.277 e. The number of nitrogens with zero attached hydrogens (tertiary/aromatic N) is 2. The SMILES string of the molecule is O=C(NCC1(c2cccc(Br)c2)CCC1)c1cc([N+](=O)[O-])cc([N+](=O)[O-])c1. The molecule has 9 heteroatoms. The number of non-ortho nitro benzene ring substituents is 2. The van der Waals surface area contributed by atoms with Crippen molar-refractivity contribution in [3.63, 3.8) is 0 Å². The van der Waals surface area contributed by atoms with Crippen molar-refractivity contribution in [3.05, 3.63) is 78.3 Å². The van der Waals surface area contributed by atoms with Crippen LogP contribution in [-0.4, -0.2) is 22.3 Å².